The molecule has 0 saturated carbocycles. The average Bonchev–Trinajstić information content (AvgIpc) is 3.30. The van der Waals surface area contributed by atoms with Crippen LogP contribution in [0.5, 0.6) is 11.5 Å². The number of benzene rings is 2. The number of ether oxygens (including phenoxy) is 1. The van der Waals surface area contributed by atoms with Crippen molar-refractivity contribution in [1.29, 1.82) is 0 Å². The highest BCUT2D eigenvalue weighted by Crippen LogP contribution is 2.48. The zero-order chi connectivity index (χ0) is 24.7. The SMILES string of the molecule is C[C@H]1CCc2c(ccc(-c3cnn(C4CCCS(O)(O)C4)c3)c2Oc2ccc(F)cc2)N1C(=O)O. The fourth-order valence-corrected chi connectivity index (χ4v) is 6.70. The standard InChI is InChI=1S/C25H28FN3O5S/c1-16-4-9-22-23(29(16)25(30)31)11-10-21(24(22)34-20-7-5-18(26)6-8-20)17-13-27-28(14-17)19-3-2-12-35(32,33)15-19/h5-8,10-11,13-14,16,19,32-33H,2-4,9,12,15H2,1H3,(H,30,31)/t16-,19?/m0/s1. The molecule has 3 N–H and O–H groups in total. The van der Waals surface area contributed by atoms with Crippen LogP contribution in [0.4, 0.5) is 14.9 Å². The number of anilines is 1. The van der Waals surface area contributed by atoms with E-state index in [9.17, 15) is 23.4 Å². The number of amides is 1. The third-order valence-corrected chi connectivity index (χ3v) is 8.60. The van der Waals surface area contributed by atoms with Crippen LogP contribution in [-0.4, -0.2) is 47.6 Å². The largest absolute Gasteiger partial charge is 0.465 e. The summed E-state index contributed by atoms with van der Waals surface area (Å²) >= 11 is 0. The number of carbonyl (C=O) groups is 1. The molecule has 35 heavy (non-hydrogen) atoms. The highest BCUT2D eigenvalue weighted by atomic mass is 32.3. The quantitative estimate of drug-likeness (QED) is 0.383. The van der Waals surface area contributed by atoms with E-state index in [4.69, 9.17) is 4.74 Å². The summed E-state index contributed by atoms with van der Waals surface area (Å²) in [7, 11) is -2.60. The summed E-state index contributed by atoms with van der Waals surface area (Å²) in [6.07, 6.45) is 5.35. The van der Waals surface area contributed by atoms with Gasteiger partial charge in [0, 0.05) is 34.7 Å². The molecule has 8 nitrogen and oxygen atoms in total. The summed E-state index contributed by atoms with van der Waals surface area (Å²) in [5.41, 5.74) is 2.85. The number of halogens is 1. The van der Waals surface area contributed by atoms with Crippen LogP contribution in [0.2, 0.25) is 0 Å². The molecule has 2 aromatic carbocycles. The second-order valence-electron chi connectivity index (χ2n) is 9.21. The van der Waals surface area contributed by atoms with E-state index in [1.807, 2.05) is 19.2 Å². The molecule has 5 rings (SSSR count). The number of aromatic nitrogens is 2. The molecule has 1 amide bonds. The molecule has 186 valence electrons. The highest BCUT2D eigenvalue weighted by molar-refractivity contribution is 8.24. The van der Waals surface area contributed by atoms with Crippen molar-refractivity contribution in [3.05, 3.63) is 60.2 Å². The van der Waals surface area contributed by atoms with Crippen LogP contribution in [-0.2, 0) is 6.42 Å². The van der Waals surface area contributed by atoms with Crippen molar-refractivity contribution in [2.24, 2.45) is 0 Å². The van der Waals surface area contributed by atoms with Crippen molar-refractivity contribution in [1.82, 2.24) is 9.78 Å². The molecule has 1 aromatic heterocycles. The van der Waals surface area contributed by atoms with Gasteiger partial charge in [-0.05, 0) is 69.0 Å². The number of hydrogen-bond acceptors (Lipinski definition) is 5. The van der Waals surface area contributed by atoms with Crippen molar-refractivity contribution in [3.63, 3.8) is 0 Å². The lowest BCUT2D eigenvalue weighted by molar-refractivity contribution is 0.198. The van der Waals surface area contributed by atoms with Gasteiger partial charge < -0.3 is 9.84 Å². The minimum absolute atomic E-state index is 0.107. The van der Waals surface area contributed by atoms with E-state index >= 15 is 0 Å². The van der Waals surface area contributed by atoms with E-state index in [-0.39, 0.29) is 23.7 Å². The molecule has 1 saturated heterocycles. The van der Waals surface area contributed by atoms with Crippen LogP contribution in [0.15, 0.2) is 48.8 Å². The minimum Gasteiger partial charge on any atom is -0.465 e. The number of fused-ring (bicyclic) bond motifs is 1. The van der Waals surface area contributed by atoms with Crippen LogP contribution < -0.4 is 9.64 Å². The lowest BCUT2D eigenvalue weighted by atomic mass is 9.92. The molecule has 0 radical (unpaired) electrons. The lowest BCUT2D eigenvalue weighted by Gasteiger charge is -2.39. The van der Waals surface area contributed by atoms with Crippen LogP contribution in [0, 0.1) is 5.82 Å². The third kappa shape index (κ3) is 4.73. The molecule has 0 bridgehead atoms. The first-order valence-corrected chi connectivity index (χ1v) is 13.5. The minimum atomic E-state index is -2.60. The summed E-state index contributed by atoms with van der Waals surface area (Å²) < 4.78 is 41.9. The molecule has 2 atom stereocenters. The Morgan fingerprint density at radius 3 is 2.66 bits per heavy atom. The van der Waals surface area contributed by atoms with Crippen molar-refractivity contribution < 1.29 is 28.1 Å². The Kier molecular flexibility index (Phi) is 6.20. The van der Waals surface area contributed by atoms with Crippen molar-refractivity contribution in [3.8, 4) is 22.6 Å². The molecular formula is C25H28FN3O5S. The predicted molar refractivity (Wildman–Crippen MR) is 133 cm³/mol. The van der Waals surface area contributed by atoms with Gasteiger partial charge in [0.05, 0.1) is 23.7 Å². The van der Waals surface area contributed by atoms with Crippen LogP contribution in [0.25, 0.3) is 11.1 Å². The van der Waals surface area contributed by atoms with Gasteiger partial charge in [0.2, 0.25) is 0 Å². The third-order valence-electron chi connectivity index (χ3n) is 6.74. The fraction of sp³-hybridized carbons (Fsp3) is 0.360. The molecule has 0 spiro atoms. The van der Waals surface area contributed by atoms with Crippen molar-refractivity contribution in [2.75, 3.05) is 16.4 Å². The molecule has 2 aliphatic heterocycles. The van der Waals surface area contributed by atoms with Gasteiger partial charge in [-0.15, -0.1) is 0 Å². The second-order valence-corrected chi connectivity index (χ2v) is 11.6. The maximum absolute atomic E-state index is 13.5. The van der Waals surface area contributed by atoms with E-state index in [0.717, 1.165) is 29.5 Å². The van der Waals surface area contributed by atoms with Crippen LogP contribution in [0.1, 0.15) is 37.8 Å². The molecule has 3 aromatic rings. The Morgan fingerprint density at radius 2 is 1.94 bits per heavy atom. The molecule has 0 aliphatic carbocycles. The Hall–Kier alpha value is -3.08. The van der Waals surface area contributed by atoms with Gasteiger partial charge >= 0.3 is 6.09 Å². The normalized spacial score (nSPS) is 22.3. The Bertz CT molecular complexity index is 1250. The van der Waals surface area contributed by atoms with E-state index in [1.165, 1.54) is 29.2 Å². The van der Waals surface area contributed by atoms with Gasteiger partial charge in [-0.3, -0.25) is 18.7 Å². The highest BCUT2D eigenvalue weighted by Gasteiger charge is 2.32. The number of hydrogen-bond donors (Lipinski definition) is 3. The van der Waals surface area contributed by atoms with Crippen molar-refractivity contribution >= 4 is 22.4 Å². The van der Waals surface area contributed by atoms with Gasteiger partial charge in [-0.25, -0.2) is 9.18 Å². The molecular weight excluding hydrogens is 473 g/mol. The summed E-state index contributed by atoms with van der Waals surface area (Å²) in [6, 6.07) is 9.04. The second kappa shape index (κ2) is 9.18. The molecule has 2 aliphatic rings. The van der Waals surface area contributed by atoms with Gasteiger partial charge in [-0.1, -0.05) is 0 Å². The van der Waals surface area contributed by atoms with Gasteiger partial charge in [-0.2, -0.15) is 15.7 Å². The summed E-state index contributed by atoms with van der Waals surface area (Å²) in [6.45, 7) is 1.88. The lowest BCUT2D eigenvalue weighted by Crippen LogP contribution is -2.41. The van der Waals surface area contributed by atoms with Gasteiger partial charge in [0.1, 0.15) is 17.3 Å². The van der Waals surface area contributed by atoms with E-state index in [2.05, 4.69) is 5.10 Å². The zero-order valence-corrected chi connectivity index (χ0v) is 20.1. The number of nitrogens with zero attached hydrogens (tertiary/aromatic N) is 3. The zero-order valence-electron chi connectivity index (χ0n) is 19.3. The molecule has 1 unspecified atom stereocenters. The first-order chi connectivity index (χ1) is 16.7. The number of rotatable bonds is 4. The summed E-state index contributed by atoms with van der Waals surface area (Å²) in [5, 5.41) is 14.3. The van der Waals surface area contributed by atoms with Gasteiger partial charge in [0.25, 0.3) is 0 Å². The number of carboxylic acid groups (broad SMARTS) is 1. The summed E-state index contributed by atoms with van der Waals surface area (Å²) in [5.74, 6) is 1.28. The van der Waals surface area contributed by atoms with Crippen molar-refractivity contribution in [2.45, 2.75) is 44.7 Å². The smallest absolute Gasteiger partial charge is 0.412 e. The van der Waals surface area contributed by atoms with E-state index < -0.39 is 16.7 Å². The topological polar surface area (TPSA) is 108 Å². The van der Waals surface area contributed by atoms with Crippen LogP contribution >= 0.6 is 10.6 Å². The first kappa shape index (κ1) is 23.7. The van der Waals surface area contributed by atoms with E-state index in [0.29, 0.717) is 35.8 Å². The molecule has 3 heterocycles. The Labute approximate surface area is 204 Å². The maximum atomic E-state index is 13.5. The maximum Gasteiger partial charge on any atom is 0.412 e. The monoisotopic (exact) mass is 501 g/mol. The predicted octanol–water partition coefficient (Wildman–Crippen LogP) is 6.39. The molecule has 1 fully saturated rings. The van der Waals surface area contributed by atoms with E-state index in [1.54, 1.807) is 16.9 Å². The fourth-order valence-electron chi connectivity index (χ4n) is 4.97. The average molecular weight is 502 g/mol. The summed E-state index contributed by atoms with van der Waals surface area (Å²) in [4.78, 5) is 13.4. The first-order valence-electron chi connectivity index (χ1n) is 11.6. The Balaban J connectivity index is 1.58. The Morgan fingerprint density at radius 1 is 1.17 bits per heavy atom. The molecule has 10 heteroatoms. The van der Waals surface area contributed by atoms with Gasteiger partial charge in [0.15, 0.2) is 0 Å². The van der Waals surface area contributed by atoms with Crippen LogP contribution in [0.3, 0.4) is 0 Å².